The standard InChI is InChI=1S/C22H24FNO4/c1-4-27-21(26)22(2,3)24-12-11-16-13-18(9-10-19(16)20(24)25)28-14-15-5-7-17(23)8-6-15/h5-10,13H,4,11-12,14H2,1-3H3. The van der Waals surface area contributed by atoms with Crippen LogP contribution in [0.15, 0.2) is 42.5 Å². The second-order valence-electron chi connectivity index (χ2n) is 7.22. The first-order chi connectivity index (χ1) is 13.3. The molecule has 0 unspecified atom stereocenters. The molecule has 1 aliphatic heterocycles. The van der Waals surface area contributed by atoms with Crippen LogP contribution in [0.2, 0.25) is 0 Å². The maximum atomic E-state index is 13.0. The number of carbonyl (C=O) groups is 2. The molecule has 28 heavy (non-hydrogen) atoms. The van der Waals surface area contributed by atoms with Gasteiger partial charge in [0.05, 0.1) is 6.61 Å². The van der Waals surface area contributed by atoms with E-state index in [2.05, 4.69) is 0 Å². The zero-order valence-electron chi connectivity index (χ0n) is 16.3. The van der Waals surface area contributed by atoms with Gasteiger partial charge in [-0.15, -0.1) is 0 Å². The summed E-state index contributed by atoms with van der Waals surface area (Å²) in [6, 6.07) is 11.4. The molecular weight excluding hydrogens is 361 g/mol. The number of carbonyl (C=O) groups excluding carboxylic acids is 2. The fraction of sp³-hybridized carbons (Fsp3) is 0.364. The summed E-state index contributed by atoms with van der Waals surface area (Å²) in [7, 11) is 0. The van der Waals surface area contributed by atoms with Gasteiger partial charge in [-0.2, -0.15) is 0 Å². The van der Waals surface area contributed by atoms with Crippen molar-refractivity contribution in [3.8, 4) is 5.75 Å². The fourth-order valence-corrected chi connectivity index (χ4v) is 3.25. The molecule has 0 saturated carbocycles. The highest BCUT2D eigenvalue weighted by atomic mass is 19.1. The van der Waals surface area contributed by atoms with E-state index in [9.17, 15) is 14.0 Å². The molecule has 3 rings (SSSR count). The quantitative estimate of drug-likeness (QED) is 0.711. The van der Waals surface area contributed by atoms with Crippen LogP contribution in [0, 0.1) is 5.82 Å². The highest BCUT2D eigenvalue weighted by Gasteiger charge is 2.41. The number of hydrogen-bond acceptors (Lipinski definition) is 4. The summed E-state index contributed by atoms with van der Waals surface area (Å²) >= 11 is 0. The fourth-order valence-electron chi connectivity index (χ4n) is 3.25. The van der Waals surface area contributed by atoms with Gasteiger partial charge in [0.15, 0.2) is 0 Å². The van der Waals surface area contributed by atoms with Crippen molar-refractivity contribution in [2.75, 3.05) is 13.2 Å². The monoisotopic (exact) mass is 385 g/mol. The van der Waals surface area contributed by atoms with Gasteiger partial charge in [-0.3, -0.25) is 4.79 Å². The van der Waals surface area contributed by atoms with Crippen LogP contribution in [0.3, 0.4) is 0 Å². The van der Waals surface area contributed by atoms with Crippen LogP contribution < -0.4 is 4.74 Å². The van der Waals surface area contributed by atoms with Gasteiger partial charge in [0.1, 0.15) is 23.7 Å². The predicted octanol–water partition coefficient (Wildman–Crippen LogP) is 3.74. The van der Waals surface area contributed by atoms with E-state index in [0.29, 0.717) is 30.9 Å². The number of halogens is 1. The van der Waals surface area contributed by atoms with E-state index in [1.165, 1.54) is 12.1 Å². The third-order valence-electron chi connectivity index (χ3n) is 4.93. The molecule has 5 nitrogen and oxygen atoms in total. The van der Waals surface area contributed by atoms with Crippen molar-refractivity contribution in [2.24, 2.45) is 0 Å². The van der Waals surface area contributed by atoms with E-state index in [1.54, 1.807) is 49.9 Å². The van der Waals surface area contributed by atoms with Crippen molar-refractivity contribution >= 4 is 11.9 Å². The van der Waals surface area contributed by atoms with Crippen LogP contribution in [0.25, 0.3) is 0 Å². The molecule has 0 N–H and O–H groups in total. The van der Waals surface area contributed by atoms with Gasteiger partial charge in [-0.25, -0.2) is 9.18 Å². The minimum atomic E-state index is -1.03. The normalized spacial score (nSPS) is 13.9. The third-order valence-corrected chi connectivity index (χ3v) is 4.93. The molecule has 2 aromatic carbocycles. The minimum Gasteiger partial charge on any atom is -0.489 e. The molecule has 1 amide bonds. The molecule has 1 aliphatic rings. The second kappa shape index (κ2) is 8.00. The van der Waals surface area contributed by atoms with E-state index >= 15 is 0 Å². The molecule has 2 aromatic rings. The van der Waals surface area contributed by atoms with Gasteiger partial charge in [-0.05, 0) is 68.7 Å². The predicted molar refractivity (Wildman–Crippen MR) is 103 cm³/mol. The highest BCUT2D eigenvalue weighted by molar-refractivity contribution is 6.00. The lowest BCUT2D eigenvalue weighted by Gasteiger charge is -2.39. The molecule has 0 saturated heterocycles. The molecule has 6 heteroatoms. The molecule has 0 bridgehead atoms. The molecule has 148 valence electrons. The Kier molecular flexibility index (Phi) is 5.68. The van der Waals surface area contributed by atoms with Crippen LogP contribution in [0.4, 0.5) is 4.39 Å². The first-order valence-corrected chi connectivity index (χ1v) is 9.32. The maximum Gasteiger partial charge on any atom is 0.331 e. The lowest BCUT2D eigenvalue weighted by Crippen LogP contribution is -2.56. The van der Waals surface area contributed by atoms with Crippen molar-refractivity contribution in [3.05, 3.63) is 65.0 Å². The van der Waals surface area contributed by atoms with Crippen molar-refractivity contribution in [2.45, 2.75) is 39.3 Å². The Morgan fingerprint density at radius 1 is 1.18 bits per heavy atom. The highest BCUT2D eigenvalue weighted by Crippen LogP contribution is 2.29. The molecule has 0 radical (unpaired) electrons. The number of rotatable bonds is 6. The first-order valence-electron chi connectivity index (χ1n) is 9.32. The van der Waals surface area contributed by atoms with Crippen molar-refractivity contribution in [1.29, 1.82) is 0 Å². The molecule has 1 heterocycles. The van der Waals surface area contributed by atoms with Gasteiger partial charge in [-0.1, -0.05) is 12.1 Å². The van der Waals surface area contributed by atoms with E-state index in [0.717, 1.165) is 11.1 Å². The number of hydrogen-bond donors (Lipinski definition) is 0. The van der Waals surface area contributed by atoms with E-state index in [1.807, 2.05) is 6.07 Å². The molecule has 0 aliphatic carbocycles. The lowest BCUT2D eigenvalue weighted by molar-refractivity contribution is -0.154. The molecular formula is C22H24FNO4. The van der Waals surface area contributed by atoms with E-state index in [-0.39, 0.29) is 18.3 Å². The Morgan fingerprint density at radius 2 is 1.89 bits per heavy atom. The Balaban J connectivity index is 1.73. The number of benzene rings is 2. The summed E-state index contributed by atoms with van der Waals surface area (Å²) in [5.74, 6) is -0.240. The van der Waals surface area contributed by atoms with Gasteiger partial charge >= 0.3 is 5.97 Å². The SMILES string of the molecule is CCOC(=O)C(C)(C)N1CCc2cc(OCc3ccc(F)cc3)ccc2C1=O. The third kappa shape index (κ3) is 4.01. The summed E-state index contributed by atoms with van der Waals surface area (Å²) in [5.41, 5.74) is 1.29. The van der Waals surface area contributed by atoms with Crippen molar-refractivity contribution in [3.63, 3.8) is 0 Å². The average molecular weight is 385 g/mol. The number of nitrogens with zero attached hydrogens (tertiary/aromatic N) is 1. The van der Waals surface area contributed by atoms with E-state index < -0.39 is 11.5 Å². The average Bonchev–Trinajstić information content (AvgIpc) is 2.67. The number of ether oxygens (including phenoxy) is 2. The molecule has 0 aromatic heterocycles. The van der Waals surface area contributed by atoms with Crippen LogP contribution in [0.5, 0.6) is 5.75 Å². The first kappa shape index (κ1) is 19.9. The zero-order valence-corrected chi connectivity index (χ0v) is 16.3. The molecule has 0 fully saturated rings. The largest absolute Gasteiger partial charge is 0.489 e. The Labute approximate surface area is 164 Å². The van der Waals surface area contributed by atoms with Crippen molar-refractivity contribution in [1.82, 2.24) is 4.90 Å². The summed E-state index contributed by atoms with van der Waals surface area (Å²) in [6.07, 6.45) is 0.623. The Bertz CT molecular complexity index is 877. The molecule has 0 atom stereocenters. The van der Waals surface area contributed by atoms with Gasteiger partial charge in [0.25, 0.3) is 5.91 Å². The van der Waals surface area contributed by atoms with Gasteiger partial charge in [0.2, 0.25) is 0 Å². The number of esters is 1. The minimum absolute atomic E-state index is 0.190. The zero-order chi connectivity index (χ0) is 20.3. The Morgan fingerprint density at radius 3 is 2.57 bits per heavy atom. The smallest absolute Gasteiger partial charge is 0.331 e. The van der Waals surface area contributed by atoms with Crippen LogP contribution in [-0.4, -0.2) is 35.5 Å². The van der Waals surface area contributed by atoms with Crippen molar-refractivity contribution < 1.29 is 23.5 Å². The van der Waals surface area contributed by atoms with Crippen LogP contribution >= 0.6 is 0 Å². The lowest BCUT2D eigenvalue weighted by atomic mass is 9.93. The topological polar surface area (TPSA) is 55.8 Å². The number of fused-ring (bicyclic) bond motifs is 1. The van der Waals surface area contributed by atoms with Crippen LogP contribution in [-0.2, 0) is 22.6 Å². The molecule has 0 spiro atoms. The van der Waals surface area contributed by atoms with Gasteiger partial charge in [0, 0.05) is 12.1 Å². The summed E-state index contributed by atoms with van der Waals surface area (Å²) in [6.45, 7) is 6.17. The summed E-state index contributed by atoms with van der Waals surface area (Å²) in [4.78, 5) is 26.8. The van der Waals surface area contributed by atoms with Gasteiger partial charge < -0.3 is 14.4 Å². The number of amides is 1. The summed E-state index contributed by atoms with van der Waals surface area (Å²) < 4.78 is 23.9. The Hall–Kier alpha value is -2.89. The van der Waals surface area contributed by atoms with Crippen LogP contribution in [0.1, 0.15) is 42.3 Å². The second-order valence-corrected chi connectivity index (χ2v) is 7.22. The van der Waals surface area contributed by atoms with E-state index in [4.69, 9.17) is 9.47 Å². The summed E-state index contributed by atoms with van der Waals surface area (Å²) in [5, 5.41) is 0. The maximum absolute atomic E-state index is 13.0.